The molecule has 1 amide bonds. The van der Waals surface area contributed by atoms with Gasteiger partial charge in [0.25, 0.3) is 0 Å². The minimum absolute atomic E-state index is 0.208. The van der Waals surface area contributed by atoms with Crippen LogP contribution in [0.2, 0.25) is 0 Å². The number of amides is 1. The highest BCUT2D eigenvalue weighted by Crippen LogP contribution is 2.06. The monoisotopic (exact) mass is 282 g/mol. The van der Waals surface area contributed by atoms with Gasteiger partial charge in [0, 0.05) is 31.5 Å². The quantitative estimate of drug-likeness (QED) is 0.748. The van der Waals surface area contributed by atoms with Crippen molar-refractivity contribution >= 4 is 6.09 Å². The summed E-state index contributed by atoms with van der Waals surface area (Å²) in [6, 6.07) is 2.13. The molecule has 1 aromatic heterocycles. The van der Waals surface area contributed by atoms with E-state index in [9.17, 15) is 4.79 Å². The molecular weight excluding hydrogens is 256 g/mol. The number of hydrogen-bond acceptors (Lipinski definition) is 4. The van der Waals surface area contributed by atoms with Gasteiger partial charge in [-0.05, 0) is 46.7 Å². The summed E-state index contributed by atoms with van der Waals surface area (Å²) < 4.78 is 7.08. The van der Waals surface area contributed by atoms with Gasteiger partial charge in [0.2, 0.25) is 0 Å². The molecule has 1 heterocycles. The maximum absolute atomic E-state index is 11.5. The third kappa shape index (κ3) is 7.78. The summed E-state index contributed by atoms with van der Waals surface area (Å²) in [4.78, 5) is 11.5. The number of nitrogens with zero attached hydrogens (tertiary/aromatic N) is 2. The van der Waals surface area contributed by atoms with E-state index in [4.69, 9.17) is 4.74 Å². The molecular formula is C14H26N4O2. The average Bonchev–Trinajstić information content (AvgIpc) is 2.83. The molecule has 0 spiro atoms. The van der Waals surface area contributed by atoms with Gasteiger partial charge in [0.15, 0.2) is 0 Å². The van der Waals surface area contributed by atoms with Crippen LogP contribution in [0.1, 0.15) is 34.1 Å². The molecule has 6 nitrogen and oxygen atoms in total. The Kier molecular flexibility index (Phi) is 6.51. The van der Waals surface area contributed by atoms with Crippen LogP contribution in [0, 0.1) is 0 Å². The predicted octanol–water partition coefficient (Wildman–Crippen LogP) is 1.78. The number of alkyl carbamates (subject to hydrolysis) is 1. The van der Waals surface area contributed by atoms with Crippen LogP contribution in [-0.2, 0) is 11.3 Å². The van der Waals surface area contributed by atoms with E-state index >= 15 is 0 Å². The summed E-state index contributed by atoms with van der Waals surface area (Å²) in [5, 5.41) is 10.2. The molecule has 2 N–H and O–H groups in total. The van der Waals surface area contributed by atoms with Gasteiger partial charge in [-0.1, -0.05) is 0 Å². The predicted molar refractivity (Wildman–Crippen MR) is 78.5 cm³/mol. The van der Waals surface area contributed by atoms with E-state index in [0.29, 0.717) is 6.54 Å². The summed E-state index contributed by atoms with van der Waals surface area (Å²) in [6.07, 6.45) is 4.36. The Labute approximate surface area is 120 Å². The molecule has 0 radical (unpaired) electrons. The van der Waals surface area contributed by atoms with Crippen molar-refractivity contribution in [3.05, 3.63) is 18.5 Å². The molecule has 20 heavy (non-hydrogen) atoms. The van der Waals surface area contributed by atoms with Gasteiger partial charge in [-0.25, -0.2) is 4.79 Å². The van der Waals surface area contributed by atoms with Gasteiger partial charge in [-0.3, -0.25) is 4.68 Å². The first-order valence-corrected chi connectivity index (χ1v) is 7.04. The van der Waals surface area contributed by atoms with Gasteiger partial charge < -0.3 is 15.4 Å². The van der Waals surface area contributed by atoms with E-state index in [-0.39, 0.29) is 12.1 Å². The van der Waals surface area contributed by atoms with E-state index < -0.39 is 5.60 Å². The van der Waals surface area contributed by atoms with Gasteiger partial charge in [-0.2, -0.15) is 5.10 Å². The van der Waals surface area contributed by atoms with Gasteiger partial charge >= 0.3 is 6.09 Å². The topological polar surface area (TPSA) is 68.2 Å². The van der Waals surface area contributed by atoms with Crippen LogP contribution in [0.3, 0.4) is 0 Å². The number of nitrogens with one attached hydrogen (secondary N) is 2. The molecule has 1 unspecified atom stereocenters. The van der Waals surface area contributed by atoms with Crippen LogP contribution in [0.15, 0.2) is 18.5 Å². The smallest absolute Gasteiger partial charge is 0.407 e. The van der Waals surface area contributed by atoms with Gasteiger partial charge in [-0.15, -0.1) is 0 Å². The Morgan fingerprint density at radius 1 is 1.45 bits per heavy atom. The number of aryl methyl sites for hydroxylation is 1. The van der Waals surface area contributed by atoms with Crippen LogP contribution >= 0.6 is 0 Å². The second-order valence-corrected chi connectivity index (χ2v) is 5.86. The van der Waals surface area contributed by atoms with Crippen molar-refractivity contribution in [2.75, 3.05) is 13.1 Å². The third-order valence-corrected chi connectivity index (χ3v) is 2.57. The lowest BCUT2D eigenvalue weighted by Gasteiger charge is -2.21. The fourth-order valence-corrected chi connectivity index (χ4v) is 1.65. The normalized spacial score (nSPS) is 13.0. The zero-order valence-electron chi connectivity index (χ0n) is 12.8. The summed E-state index contributed by atoms with van der Waals surface area (Å²) in [6.45, 7) is 9.92. The fraction of sp³-hybridized carbons (Fsp3) is 0.714. The highest BCUT2D eigenvalue weighted by Gasteiger charge is 2.16. The molecule has 1 rings (SSSR count). The van der Waals surface area contributed by atoms with Crippen LogP contribution < -0.4 is 10.6 Å². The average molecular weight is 282 g/mol. The molecule has 0 saturated carbocycles. The van der Waals surface area contributed by atoms with Gasteiger partial charge in [0.1, 0.15) is 5.60 Å². The SMILES string of the molecule is CC(CNC(=O)OC(C)(C)C)NCCCn1cccn1. The van der Waals surface area contributed by atoms with Crippen molar-refractivity contribution in [3.63, 3.8) is 0 Å². The molecule has 0 aromatic carbocycles. The van der Waals surface area contributed by atoms with Crippen molar-refractivity contribution in [1.29, 1.82) is 0 Å². The second-order valence-electron chi connectivity index (χ2n) is 5.86. The third-order valence-electron chi connectivity index (χ3n) is 2.57. The zero-order valence-corrected chi connectivity index (χ0v) is 12.8. The Hall–Kier alpha value is -1.56. The maximum atomic E-state index is 11.5. The zero-order chi connectivity index (χ0) is 15.0. The number of carbonyl (C=O) groups excluding carboxylic acids is 1. The minimum Gasteiger partial charge on any atom is -0.444 e. The molecule has 1 aromatic rings. The summed E-state index contributed by atoms with van der Waals surface area (Å²) in [5.74, 6) is 0. The first-order chi connectivity index (χ1) is 9.37. The summed E-state index contributed by atoms with van der Waals surface area (Å²) >= 11 is 0. The summed E-state index contributed by atoms with van der Waals surface area (Å²) in [7, 11) is 0. The van der Waals surface area contributed by atoms with Crippen LogP contribution in [0.4, 0.5) is 4.79 Å². The number of aromatic nitrogens is 2. The van der Waals surface area contributed by atoms with E-state index in [2.05, 4.69) is 15.7 Å². The van der Waals surface area contributed by atoms with E-state index in [0.717, 1.165) is 19.5 Å². The highest BCUT2D eigenvalue weighted by atomic mass is 16.6. The summed E-state index contributed by atoms with van der Waals surface area (Å²) in [5.41, 5.74) is -0.454. The number of hydrogen-bond donors (Lipinski definition) is 2. The molecule has 6 heteroatoms. The van der Waals surface area contributed by atoms with E-state index in [1.54, 1.807) is 6.20 Å². The second kappa shape index (κ2) is 7.89. The van der Waals surface area contributed by atoms with Gasteiger partial charge in [0.05, 0.1) is 0 Å². The fourth-order valence-electron chi connectivity index (χ4n) is 1.65. The van der Waals surface area contributed by atoms with Crippen LogP contribution in [0.25, 0.3) is 0 Å². The molecule has 114 valence electrons. The Morgan fingerprint density at radius 2 is 2.20 bits per heavy atom. The van der Waals surface area contributed by atoms with Crippen molar-refractivity contribution in [2.45, 2.75) is 52.3 Å². The van der Waals surface area contributed by atoms with Crippen LogP contribution in [-0.4, -0.2) is 40.6 Å². The molecule has 1 atom stereocenters. The molecule has 0 saturated heterocycles. The Balaban J connectivity index is 2.05. The van der Waals surface area contributed by atoms with E-state index in [1.807, 2.05) is 44.6 Å². The highest BCUT2D eigenvalue weighted by molar-refractivity contribution is 5.67. The molecule has 0 bridgehead atoms. The lowest BCUT2D eigenvalue weighted by molar-refractivity contribution is 0.0523. The number of ether oxygens (including phenoxy) is 1. The lowest BCUT2D eigenvalue weighted by Crippen LogP contribution is -2.41. The molecule has 0 aliphatic carbocycles. The van der Waals surface area contributed by atoms with Crippen molar-refractivity contribution < 1.29 is 9.53 Å². The number of carbonyl (C=O) groups is 1. The maximum Gasteiger partial charge on any atom is 0.407 e. The lowest BCUT2D eigenvalue weighted by atomic mass is 10.2. The van der Waals surface area contributed by atoms with E-state index in [1.165, 1.54) is 0 Å². The van der Waals surface area contributed by atoms with Crippen molar-refractivity contribution in [3.8, 4) is 0 Å². The van der Waals surface area contributed by atoms with Crippen LogP contribution in [0.5, 0.6) is 0 Å². The Bertz CT molecular complexity index is 384. The molecule has 0 fully saturated rings. The largest absolute Gasteiger partial charge is 0.444 e. The first kappa shape index (κ1) is 16.5. The molecule has 0 aliphatic heterocycles. The minimum atomic E-state index is -0.454. The Morgan fingerprint density at radius 3 is 2.80 bits per heavy atom. The van der Waals surface area contributed by atoms with Crippen molar-refractivity contribution in [2.24, 2.45) is 0 Å². The molecule has 0 aliphatic rings. The first-order valence-electron chi connectivity index (χ1n) is 7.04. The number of rotatable bonds is 7. The standard InChI is InChI=1S/C14H26N4O2/c1-12(11-16-13(19)20-14(2,3)4)15-7-5-9-18-10-6-8-17-18/h6,8,10,12,15H,5,7,9,11H2,1-4H3,(H,16,19). The van der Waals surface area contributed by atoms with Crippen molar-refractivity contribution in [1.82, 2.24) is 20.4 Å².